The summed E-state index contributed by atoms with van der Waals surface area (Å²) in [5, 5.41) is 0.191. The van der Waals surface area contributed by atoms with Gasteiger partial charge in [-0.2, -0.15) is 8.42 Å². The van der Waals surface area contributed by atoms with Crippen molar-refractivity contribution >= 4 is 49.5 Å². The van der Waals surface area contributed by atoms with E-state index in [0.717, 1.165) is 0 Å². The first-order chi connectivity index (χ1) is 8.34. The Balaban J connectivity index is 2.76. The average molecular weight is 359 g/mol. The minimum Gasteiger partial charge on any atom is -0.449 e. The molecule has 0 aliphatic rings. The Morgan fingerprint density at radius 1 is 1.61 bits per heavy atom. The summed E-state index contributed by atoms with van der Waals surface area (Å²) in [5.41, 5.74) is 0.142. The van der Waals surface area contributed by atoms with Crippen LogP contribution >= 0.6 is 27.5 Å². The van der Waals surface area contributed by atoms with Crippen LogP contribution in [0, 0.1) is 0 Å². The third-order valence-electron chi connectivity index (χ3n) is 1.54. The van der Waals surface area contributed by atoms with Crippen molar-refractivity contribution in [3.05, 3.63) is 21.9 Å². The molecule has 100 valence electrons. The van der Waals surface area contributed by atoms with Crippen molar-refractivity contribution in [2.24, 2.45) is 0 Å². The lowest BCUT2D eigenvalue weighted by Gasteiger charge is -2.09. The van der Waals surface area contributed by atoms with Crippen molar-refractivity contribution < 1.29 is 17.9 Å². The number of nitrogens with zero attached hydrogens (tertiary/aromatic N) is 1. The second-order valence-corrected chi connectivity index (χ2v) is 5.55. The summed E-state index contributed by atoms with van der Waals surface area (Å²) in [4.78, 5) is 14.7. The van der Waals surface area contributed by atoms with E-state index in [2.05, 4.69) is 30.4 Å². The molecule has 2 N–H and O–H groups in total. The number of halogens is 2. The molecule has 0 unspecified atom stereocenters. The third-order valence-corrected chi connectivity index (χ3v) is 3.62. The molecule has 0 atom stereocenters. The molecule has 0 aliphatic heterocycles. The molecule has 0 aliphatic carbocycles. The van der Waals surface area contributed by atoms with Crippen LogP contribution in [0.3, 0.4) is 0 Å². The van der Waals surface area contributed by atoms with Crippen molar-refractivity contribution in [2.75, 3.05) is 11.3 Å². The molecule has 10 heteroatoms. The predicted octanol–water partition coefficient (Wildman–Crippen LogP) is 1.90. The maximum atomic E-state index is 11.5. The Morgan fingerprint density at radius 2 is 2.28 bits per heavy atom. The van der Waals surface area contributed by atoms with Crippen molar-refractivity contribution in [2.45, 2.75) is 6.92 Å². The van der Waals surface area contributed by atoms with E-state index in [4.69, 9.17) is 11.6 Å². The van der Waals surface area contributed by atoms with Gasteiger partial charge in [-0.1, -0.05) is 11.6 Å². The number of nitrogens with one attached hydrogen (secondary N) is 2. The SMILES string of the molecule is CCOC(=O)NS(=O)(=O)Nc1cnc(Cl)c(Br)c1. The number of carbonyl (C=O) groups is 1. The van der Waals surface area contributed by atoms with Crippen LogP contribution in [-0.4, -0.2) is 26.1 Å². The number of aromatic nitrogens is 1. The Hall–Kier alpha value is -1.06. The number of ether oxygens (including phenoxy) is 1. The lowest BCUT2D eigenvalue weighted by molar-refractivity contribution is 0.159. The second-order valence-electron chi connectivity index (χ2n) is 2.92. The highest BCUT2D eigenvalue weighted by atomic mass is 79.9. The Morgan fingerprint density at radius 3 is 2.83 bits per heavy atom. The monoisotopic (exact) mass is 357 g/mol. The van der Waals surface area contributed by atoms with Crippen molar-refractivity contribution in [3.8, 4) is 0 Å². The van der Waals surface area contributed by atoms with E-state index >= 15 is 0 Å². The lowest BCUT2D eigenvalue weighted by Crippen LogP contribution is -2.35. The standard InChI is InChI=1S/C8H9BrClN3O4S/c1-2-17-8(14)13-18(15,16)12-5-3-6(9)7(10)11-4-5/h3-4,12H,2H2,1H3,(H,13,14). The molecule has 1 aromatic heterocycles. The summed E-state index contributed by atoms with van der Waals surface area (Å²) in [6.45, 7) is 1.62. The summed E-state index contributed by atoms with van der Waals surface area (Å²) < 4.78 is 31.6. The molecule has 0 aromatic carbocycles. The summed E-state index contributed by atoms with van der Waals surface area (Å²) in [6.07, 6.45) is 0.142. The van der Waals surface area contributed by atoms with Gasteiger partial charge in [0, 0.05) is 0 Å². The zero-order chi connectivity index (χ0) is 13.8. The number of amides is 1. The zero-order valence-electron chi connectivity index (χ0n) is 9.11. The molecule has 1 aromatic rings. The third kappa shape index (κ3) is 4.67. The topological polar surface area (TPSA) is 97.4 Å². The van der Waals surface area contributed by atoms with Gasteiger partial charge in [0.25, 0.3) is 0 Å². The van der Waals surface area contributed by atoms with Crippen molar-refractivity contribution in [1.82, 2.24) is 9.71 Å². The van der Waals surface area contributed by atoms with Crippen LogP contribution in [0.4, 0.5) is 10.5 Å². The summed E-state index contributed by atoms with van der Waals surface area (Å²) in [5.74, 6) is 0. The van der Waals surface area contributed by atoms with E-state index in [1.54, 1.807) is 11.6 Å². The van der Waals surface area contributed by atoms with Gasteiger partial charge in [-0.25, -0.2) is 14.5 Å². The number of carbonyl (C=O) groups excluding carboxylic acids is 1. The van der Waals surface area contributed by atoms with Gasteiger partial charge in [0.2, 0.25) is 0 Å². The highest BCUT2D eigenvalue weighted by molar-refractivity contribution is 9.10. The molecule has 0 spiro atoms. The molecular weight excluding hydrogens is 350 g/mol. The van der Waals surface area contributed by atoms with Crippen molar-refractivity contribution in [3.63, 3.8) is 0 Å². The fraction of sp³-hybridized carbons (Fsp3) is 0.250. The normalized spacial score (nSPS) is 10.8. The van der Waals surface area contributed by atoms with E-state index in [1.807, 2.05) is 0 Å². The van der Waals surface area contributed by atoms with Gasteiger partial charge in [-0.05, 0) is 28.9 Å². The number of hydrogen-bond acceptors (Lipinski definition) is 5. The van der Waals surface area contributed by atoms with E-state index in [1.165, 1.54) is 12.3 Å². The molecule has 1 heterocycles. The number of pyridine rings is 1. The Bertz CT molecular complexity index is 551. The van der Waals surface area contributed by atoms with Gasteiger partial charge in [0.15, 0.2) is 0 Å². The lowest BCUT2D eigenvalue weighted by atomic mass is 10.4. The van der Waals surface area contributed by atoms with E-state index in [0.29, 0.717) is 4.47 Å². The number of hydrogen-bond donors (Lipinski definition) is 2. The molecule has 7 nitrogen and oxygen atoms in total. The van der Waals surface area contributed by atoms with Gasteiger partial charge < -0.3 is 4.74 Å². The molecule has 18 heavy (non-hydrogen) atoms. The molecular formula is C8H9BrClN3O4S. The van der Waals surface area contributed by atoms with Crippen LogP contribution < -0.4 is 9.44 Å². The largest absolute Gasteiger partial charge is 0.449 e. The zero-order valence-corrected chi connectivity index (χ0v) is 12.3. The summed E-state index contributed by atoms with van der Waals surface area (Å²) in [6, 6.07) is 1.40. The summed E-state index contributed by atoms with van der Waals surface area (Å²) in [7, 11) is -4.06. The minimum atomic E-state index is -4.06. The predicted molar refractivity (Wildman–Crippen MR) is 69.6 cm³/mol. The molecule has 0 radical (unpaired) electrons. The maximum Gasteiger partial charge on any atom is 0.422 e. The van der Waals surface area contributed by atoms with E-state index in [-0.39, 0.29) is 17.4 Å². The molecule has 1 amide bonds. The Labute approximate surface area is 117 Å². The highest BCUT2D eigenvalue weighted by Crippen LogP contribution is 2.23. The van der Waals surface area contributed by atoms with Gasteiger partial charge in [0.1, 0.15) is 5.15 Å². The fourth-order valence-electron chi connectivity index (χ4n) is 0.928. The fourth-order valence-corrected chi connectivity index (χ4v) is 2.13. The number of rotatable bonds is 4. The van der Waals surface area contributed by atoms with Gasteiger partial charge in [-0.3, -0.25) is 4.72 Å². The minimum absolute atomic E-state index is 0.0649. The number of anilines is 1. The van der Waals surface area contributed by atoms with Crippen molar-refractivity contribution in [1.29, 1.82) is 0 Å². The van der Waals surface area contributed by atoms with E-state index < -0.39 is 16.3 Å². The summed E-state index contributed by atoms with van der Waals surface area (Å²) >= 11 is 8.74. The first kappa shape index (κ1) is 15.0. The molecule has 0 saturated heterocycles. The van der Waals surface area contributed by atoms with Gasteiger partial charge >= 0.3 is 16.3 Å². The van der Waals surface area contributed by atoms with Crippen LogP contribution in [0.15, 0.2) is 16.7 Å². The quantitative estimate of drug-likeness (QED) is 0.801. The first-order valence-corrected chi connectivity index (χ1v) is 7.28. The average Bonchev–Trinajstić information content (AvgIpc) is 2.22. The Kier molecular flexibility index (Phi) is 5.17. The van der Waals surface area contributed by atoms with Crippen LogP contribution in [-0.2, 0) is 14.9 Å². The van der Waals surface area contributed by atoms with Crippen LogP contribution in [0.25, 0.3) is 0 Å². The molecule has 0 bridgehead atoms. The second kappa shape index (κ2) is 6.21. The smallest absolute Gasteiger partial charge is 0.422 e. The maximum absolute atomic E-state index is 11.5. The van der Waals surface area contributed by atoms with E-state index in [9.17, 15) is 13.2 Å². The van der Waals surface area contributed by atoms with Gasteiger partial charge in [0.05, 0.1) is 23.0 Å². The van der Waals surface area contributed by atoms with Crippen LogP contribution in [0.1, 0.15) is 6.92 Å². The first-order valence-electron chi connectivity index (χ1n) is 4.62. The molecule has 0 saturated carbocycles. The highest BCUT2D eigenvalue weighted by Gasteiger charge is 2.15. The molecule has 1 rings (SSSR count). The molecule has 0 fully saturated rings. The van der Waals surface area contributed by atoms with Gasteiger partial charge in [-0.15, -0.1) is 0 Å². The van der Waals surface area contributed by atoms with Crippen LogP contribution in [0.2, 0.25) is 5.15 Å². The van der Waals surface area contributed by atoms with Crippen LogP contribution in [0.5, 0.6) is 0 Å².